The van der Waals surface area contributed by atoms with Gasteiger partial charge in [0.05, 0.1) is 12.2 Å². The summed E-state index contributed by atoms with van der Waals surface area (Å²) in [5.41, 5.74) is 8.40. The Kier molecular flexibility index (Phi) is 3.52. The summed E-state index contributed by atoms with van der Waals surface area (Å²) < 4.78 is 5.20. The van der Waals surface area contributed by atoms with Gasteiger partial charge in [-0.2, -0.15) is 0 Å². The third kappa shape index (κ3) is 2.24. The third-order valence-electron chi connectivity index (χ3n) is 1.55. The Labute approximate surface area is 80.9 Å². The predicted molar refractivity (Wildman–Crippen MR) is 51.1 cm³/mol. The second-order valence-electron chi connectivity index (χ2n) is 2.42. The minimum atomic E-state index is -0.628. The summed E-state index contributed by atoms with van der Waals surface area (Å²) >= 11 is 0. The number of carbonyl (C=O) groups is 1. The molecule has 0 heterocycles. The van der Waals surface area contributed by atoms with Gasteiger partial charge in [-0.15, -0.1) is 0 Å². The maximum absolute atomic E-state index is 11.2. The zero-order chi connectivity index (χ0) is 10.4. The minimum absolute atomic E-state index is 0.284. The highest BCUT2D eigenvalue weighted by molar-refractivity contribution is 5.97. The second kappa shape index (κ2) is 4.89. The molecule has 14 heavy (non-hydrogen) atoms. The molecule has 5 nitrogen and oxygen atoms in total. The van der Waals surface area contributed by atoms with Crippen LogP contribution in [-0.2, 0) is 0 Å². The molecule has 5 heteroatoms. The lowest BCUT2D eigenvalue weighted by atomic mass is 10.2. The van der Waals surface area contributed by atoms with Gasteiger partial charge < -0.3 is 4.74 Å². The topological polar surface area (TPSA) is 75.1 Å². The van der Waals surface area contributed by atoms with Crippen molar-refractivity contribution >= 4 is 5.91 Å². The van der Waals surface area contributed by atoms with E-state index in [1.807, 2.05) is 6.92 Å². The molecular weight excluding hydrogens is 182 g/mol. The van der Waals surface area contributed by atoms with Crippen molar-refractivity contribution in [3.05, 3.63) is 40.3 Å². The SMILES string of the molecule is CCOc1ccccc1C(=O)N=[N+]=[N-]. The average Bonchev–Trinajstić information content (AvgIpc) is 2.19. The standard InChI is InChI=1S/C9H9N3O2/c1-2-14-8-6-4-3-5-7(8)9(13)11-12-10/h3-6H,2H2,1H3. The van der Waals surface area contributed by atoms with E-state index < -0.39 is 5.91 Å². The molecule has 0 aliphatic carbocycles. The van der Waals surface area contributed by atoms with Gasteiger partial charge in [-0.3, -0.25) is 4.79 Å². The van der Waals surface area contributed by atoms with Crippen molar-refractivity contribution in [2.24, 2.45) is 5.11 Å². The molecule has 72 valence electrons. The molecule has 0 N–H and O–H groups in total. The Bertz CT molecular complexity index is 383. The van der Waals surface area contributed by atoms with Gasteiger partial charge in [0.1, 0.15) is 5.75 Å². The van der Waals surface area contributed by atoms with Gasteiger partial charge in [-0.25, -0.2) is 0 Å². The minimum Gasteiger partial charge on any atom is -0.493 e. The van der Waals surface area contributed by atoms with Crippen LogP contribution in [0.25, 0.3) is 10.4 Å². The van der Waals surface area contributed by atoms with Crippen LogP contribution in [0.4, 0.5) is 0 Å². The van der Waals surface area contributed by atoms with Gasteiger partial charge in [-0.1, -0.05) is 12.1 Å². The molecule has 0 aliphatic heterocycles. The van der Waals surface area contributed by atoms with E-state index in [0.29, 0.717) is 12.4 Å². The maximum atomic E-state index is 11.2. The summed E-state index contributed by atoms with van der Waals surface area (Å²) in [7, 11) is 0. The van der Waals surface area contributed by atoms with Crippen LogP contribution in [-0.4, -0.2) is 12.5 Å². The van der Waals surface area contributed by atoms with Gasteiger partial charge in [0.15, 0.2) is 0 Å². The summed E-state index contributed by atoms with van der Waals surface area (Å²) in [6.45, 7) is 2.27. The third-order valence-corrected chi connectivity index (χ3v) is 1.55. The van der Waals surface area contributed by atoms with Crippen molar-refractivity contribution in [2.75, 3.05) is 6.61 Å². The van der Waals surface area contributed by atoms with Crippen LogP contribution in [0.15, 0.2) is 29.4 Å². The number of carbonyl (C=O) groups excluding carboxylic acids is 1. The molecule has 0 bridgehead atoms. The molecule has 0 saturated carbocycles. The fourth-order valence-electron chi connectivity index (χ4n) is 1.02. The van der Waals surface area contributed by atoms with E-state index in [4.69, 9.17) is 10.3 Å². The van der Waals surface area contributed by atoms with Crippen LogP contribution in [0.2, 0.25) is 0 Å². The fraction of sp³-hybridized carbons (Fsp3) is 0.222. The second-order valence-corrected chi connectivity index (χ2v) is 2.42. The number of hydrogen-bond acceptors (Lipinski definition) is 2. The number of amides is 1. The molecule has 0 aromatic heterocycles. The molecule has 0 aliphatic rings. The Morgan fingerprint density at radius 2 is 2.29 bits per heavy atom. The highest BCUT2D eigenvalue weighted by Crippen LogP contribution is 2.18. The first kappa shape index (κ1) is 10.1. The molecule has 0 spiro atoms. The van der Waals surface area contributed by atoms with Gasteiger partial charge in [-0.05, 0) is 29.7 Å². The molecule has 1 aromatic carbocycles. The van der Waals surface area contributed by atoms with Crippen LogP contribution in [0.3, 0.4) is 0 Å². The average molecular weight is 191 g/mol. The van der Waals surface area contributed by atoms with Crippen LogP contribution < -0.4 is 4.74 Å². The molecule has 1 aromatic rings. The smallest absolute Gasteiger partial charge is 0.252 e. The number of benzene rings is 1. The van der Waals surface area contributed by atoms with Gasteiger partial charge >= 0.3 is 0 Å². The maximum Gasteiger partial charge on any atom is 0.252 e. The van der Waals surface area contributed by atoms with Crippen LogP contribution in [0, 0.1) is 0 Å². The molecule has 1 amide bonds. The van der Waals surface area contributed by atoms with Crippen molar-refractivity contribution < 1.29 is 9.53 Å². The van der Waals surface area contributed by atoms with Gasteiger partial charge in [0.25, 0.3) is 5.91 Å². The van der Waals surface area contributed by atoms with E-state index in [1.165, 1.54) is 0 Å². The van der Waals surface area contributed by atoms with E-state index >= 15 is 0 Å². The summed E-state index contributed by atoms with van der Waals surface area (Å²) in [6.07, 6.45) is 0. The lowest BCUT2D eigenvalue weighted by Gasteiger charge is -2.05. The zero-order valence-electron chi connectivity index (χ0n) is 7.67. The van der Waals surface area contributed by atoms with Gasteiger partial charge in [0.2, 0.25) is 0 Å². The summed E-state index contributed by atoms with van der Waals surface area (Å²) in [4.78, 5) is 13.7. The van der Waals surface area contributed by atoms with E-state index in [1.54, 1.807) is 24.3 Å². The normalized spacial score (nSPS) is 8.93. The number of para-hydroxylation sites is 1. The molecule has 0 radical (unpaired) electrons. The van der Waals surface area contributed by atoms with Crippen LogP contribution in [0.1, 0.15) is 17.3 Å². The highest BCUT2D eigenvalue weighted by atomic mass is 16.5. The van der Waals surface area contributed by atoms with Crippen LogP contribution >= 0.6 is 0 Å². The molecule has 0 saturated heterocycles. The van der Waals surface area contributed by atoms with Crippen molar-refractivity contribution in [3.63, 3.8) is 0 Å². The number of hydrogen-bond donors (Lipinski definition) is 0. The van der Waals surface area contributed by atoms with E-state index in [0.717, 1.165) is 0 Å². The van der Waals surface area contributed by atoms with E-state index in [2.05, 4.69) is 10.0 Å². The van der Waals surface area contributed by atoms with Gasteiger partial charge in [0, 0.05) is 4.91 Å². The Morgan fingerprint density at radius 3 is 2.93 bits per heavy atom. The Balaban J connectivity index is 3.05. The predicted octanol–water partition coefficient (Wildman–Crippen LogP) is 2.54. The van der Waals surface area contributed by atoms with E-state index in [9.17, 15) is 4.79 Å². The Morgan fingerprint density at radius 1 is 1.57 bits per heavy atom. The van der Waals surface area contributed by atoms with Crippen molar-refractivity contribution in [3.8, 4) is 5.75 Å². The van der Waals surface area contributed by atoms with E-state index in [-0.39, 0.29) is 5.56 Å². The Hall–Kier alpha value is -2.00. The molecular formula is C9H9N3O2. The molecule has 0 atom stereocenters. The fourth-order valence-corrected chi connectivity index (χ4v) is 1.02. The van der Waals surface area contributed by atoms with Crippen molar-refractivity contribution in [1.82, 2.24) is 0 Å². The van der Waals surface area contributed by atoms with Crippen LogP contribution in [0.5, 0.6) is 5.75 Å². The number of ether oxygens (including phenoxy) is 1. The van der Waals surface area contributed by atoms with Crippen molar-refractivity contribution in [1.29, 1.82) is 0 Å². The summed E-state index contributed by atoms with van der Waals surface area (Å²) in [5.74, 6) is -0.191. The lowest BCUT2D eigenvalue weighted by molar-refractivity contribution is 0.0996. The first-order valence-electron chi connectivity index (χ1n) is 4.10. The largest absolute Gasteiger partial charge is 0.493 e. The number of nitrogens with zero attached hydrogens (tertiary/aromatic N) is 3. The highest BCUT2D eigenvalue weighted by Gasteiger charge is 2.08. The quantitative estimate of drug-likeness (QED) is 0.418. The zero-order valence-corrected chi connectivity index (χ0v) is 7.67. The van der Waals surface area contributed by atoms with Crippen molar-refractivity contribution in [2.45, 2.75) is 6.92 Å². The molecule has 0 fully saturated rings. The molecule has 0 unspecified atom stereocenters. The monoisotopic (exact) mass is 191 g/mol. The lowest BCUT2D eigenvalue weighted by Crippen LogP contribution is -2.00. The summed E-state index contributed by atoms with van der Waals surface area (Å²) in [6, 6.07) is 6.64. The number of rotatable bonds is 3. The number of azide groups is 1. The molecule has 1 rings (SSSR count). The summed E-state index contributed by atoms with van der Waals surface area (Å²) in [5, 5.41) is 3.00. The first-order valence-corrected chi connectivity index (χ1v) is 4.10. The first-order chi connectivity index (χ1) is 6.79.